The summed E-state index contributed by atoms with van der Waals surface area (Å²) in [7, 11) is 0. The van der Waals surface area contributed by atoms with Crippen molar-refractivity contribution in [2.45, 2.75) is 38.0 Å². The maximum Gasteiger partial charge on any atom is 0.316 e. The maximum absolute atomic E-state index is 13.0. The van der Waals surface area contributed by atoms with Gasteiger partial charge in [0.1, 0.15) is 0 Å². The third-order valence-electron chi connectivity index (χ3n) is 5.88. The van der Waals surface area contributed by atoms with Crippen molar-refractivity contribution < 1.29 is 22.7 Å². The molecule has 8 heteroatoms. The molecule has 2 atom stereocenters. The van der Waals surface area contributed by atoms with E-state index in [4.69, 9.17) is 4.74 Å². The molecular formula is C17H20F3N3O2. The summed E-state index contributed by atoms with van der Waals surface area (Å²) in [6.07, 6.45) is 4.41. The molecule has 2 aliphatic carbocycles. The quantitative estimate of drug-likeness (QED) is 0.833. The third-order valence-corrected chi connectivity index (χ3v) is 5.88. The molecule has 1 saturated heterocycles. The maximum atomic E-state index is 13.0. The summed E-state index contributed by atoms with van der Waals surface area (Å²) in [5, 5.41) is 0. The summed E-state index contributed by atoms with van der Waals surface area (Å²) in [5.74, 6) is -3.61. The van der Waals surface area contributed by atoms with E-state index in [1.165, 1.54) is 0 Å². The first-order valence-corrected chi connectivity index (χ1v) is 8.64. The van der Waals surface area contributed by atoms with E-state index < -0.39 is 17.7 Å². The lowest BCUT2D eigenvalue weighted by Gasteiger charge is -2.36. The minimum Gasteiger partial charge on any atom is -0.463 e. The van der Waals surface area contributed by atoms with Gasteiger partial charge in [0.05, 0.1) is 19.0 Å². The predicted octanol–water partition coefficient (Wildman–Crippen LogP) is 2.67. The molecule has 136 valence electrons. The van der Waals surface area contributed by atoms with E-state index in [9.17, 15) is 18.0 Å². The summed E-state index contributed by atoms with van der Waals surface area (Å²) in [5.41, 5.74) is -0.181. The smallest absolute Gasteiger partial charge is 0.316 e. The van der Waals surface area contributed by atoms with Crippen LogP contribution in [-0.2, 0) is 4.79 Å². The lowest BCUT2D eigenvalue weighted by molar-refractivity contribution is -0.159. The van der Waals surface area contributed by atoms with Gasteiger partial charge in [-0.05, 0) is 18.8 Å². The van der Waals surface area contributed by atoms with Crippen LogP contribution in [0.15, 0.2) is 12.4 Å². The standard InChI is InChI=1S/C17H20F3N3O2/c18-13-6-21-15(22-7-13)25-10-16-3-1-2-12(16)8-23(9-16)14(24)11-4-17(19,20)5-11/h6-7,11-12H,1-5,8-10H2. The molecule has 0 radical (unpaired) electrons. The van der Waals surface area contributed by atoms with Crippen molar-refractivity contribution in [1.29, 1.82) is 0 Å². The summed E-state index contributed by atoms with van der Waals surface area (Å²) >= 11 is 0. The summed E-state index contributed by atoms with van der Waals surface area (Å²) in [4.78, 5) is 21.8. The molecule has 4 rings (SSSR count). The predicted molar refractivity (Wildman–Crippen MR) is 81.5 cm³/mol. The number of fused-ring (bicyclic) bond motifs is 1. The monoisotopic (exact) mass is 355 g/mol. The Morgan fingerprint density at radius 3 is 2.72 bits per heavy atom. The van der Waals surface area contributed by atoms with E-state index in [1.54, 1.807) is 4.90 Å². The second-order valence-corrected chi connectivity index (χ2v) is 7.60. The van der Waals surface area contributed by atoms with Gasteiger partial charge in [-0.3, -0.25) is 4.79 Å². The zero-order valence-electron chi connectivity index (χ0n) is 13.8. The lowest BCUT2D eigenvalue weighted by atomic mass is 9.80. The molecule has 3 fully saturated rings. The van der Waals surface area contributed by atoms with Gasteiger partial charge in [-0.1, -0.05) is 6.42 Å². The molecule has 25 heavy (non-hydrogen) atoms. The highest BCUT2D eigenvalue weighted by Gasteiger charge is 2.55. The Morgan fingerprint density at radius 2 is 2.04 bits per heavy atom. The topological polar surface area (TPSA) is 55.3 Å². The van der Waals surface area contributed by atoms with Crippen LogP contribution in [-0.4, -0.2) is 46.4 Å². The molecule has 2 unspecified atom stereocenters. The average molecular weight is 355 g/mol. The number of ether oxygens (including phenoxy) is 1. The number of amides is 1. The Hall–Kier alpha value is -1.86. The zero-order valence-corrected chi connectivity index (χ0v) is 13.8. The van der Waals surface area contributed by atoms with E-state index in [-0.39, 0.29) is 30.2 Å². The van der Waals surface area contributed by atoms with Gasteiger partial charge in [-0.15, -0.1) is 0 Å². The first kappa shape index (κ1) is 16.6. The lowest BCUT2D eigenvalue weighted by Crippen LogP contribution is -2.47. The van der Waals surface area contributed by atoms with Crippen molar-refractivity contribution in [3.63, 3.8) is 0 Å². The number of rotatable bonds is 4. The van der Waals surface area contributed by atoms with Crippen molar-refractivity contribution in [3.05, 3.63) is 18.2 Å². The SMILES string of the molecule is O=C(C1CC(F)(F)C1)N1CC2CCCC2(COc2ncc(F)cn2)C1. The number of hydrogen-bond donors (Lipinski definition) is 0. The molecule has 0 spiro atoms. The van der Waals surface area contributed by atoms with Crippen molar-refractivity contribution in [2.24, 2.45) is 17.3 Å². The van der Waals surface area contributed by atoms with Crippen molar-refractivity contribution in [3.8, 4) is 6.01 Å². The molecule has 2 heterocycles. The Bertz CT molecular complexity index is 662. The molecule has 0 bridgehead atoms. The number of halogens is 3. The van der Waals surface area contributed by atoms with Crippen LogP contribution in [0.3, 0.4) is 0 Å². The van der Waals surface area contributed by atoms with Crippen LogP contribution >= 0.6 is 0 Å². The normalized spacial score (nSPS) is 30.8. The van der Waals surface area contributed by atoms with Gasteiger partial charge in [0.15, 0.2) is 5.82 Å². The Labute approximate surface area is 143 Å². The highest BCUT2D eigenvalue weighted by Crippen LogP contribution is 2.50. The second-order valence-electron chi connectivity index (χ2n) is 7.60. The van der Waals surface area contributed by atoms with Crippen LogP contribution in [0.1, 0.15) is 32.1 Å². The minimum absolute atomic E-state index is 0.116. The zero-order chi connectivity index (χ0) is 17.7. The minimum atomic E-state index is -2.68. The Kier molecular flexibility index (Phi) is 3.88. The molecule has 1 amide bonds. The van der Waals surface area contributed by atoms with E-state index in [0.29, 0.717) is 25.6 Å². The molecule has 0 aromatic carbocycles. The molecular weight excluding hydrogens is 335 g/mol. The number of hydrogen-bond acceptors (Lipinski definition) is 4. The first-order chi connectivity index (χ1) is 11.9. The Morgan fingerprint density at radius 1 is 1.32 bits per heavy atom. The van der Waals surface area contributed by atoms with Crippen LogP contribution in [0.2, 0.25) is 0 Å². The van der Waals surface area contributed by atoms with Gasteiger partial charge < -0.3 is 9.64 Å². The molecule has 0 N–H and O–H groups in total. The fourth-order valence-electron chi connectivity index (χ4n) is 4.50. The first-order valence-electron chi connectivity index (χ1n) is 8.64. The van der Waals surface area contributed by atoms with Gasteiger partial charge in [0, 0.05) is 37.3 Å². The van der Waals surface area contributed by atoms with Crippen molar-refractivity contribution in [2.75, 3.05) is 19.7 Å². The van der Waals surface area contributed by atoms with E-state index in [0.717, 1.165) is 31.7 Å². The average Bonchev–Trinajstić information content (AvgIpc) is 3.08. The van der Waals surface area contributed by atoms with Gasteiger partial charge in [0.25, 0.3) is 0 Å². The van der Waals surface area contributed by atoms with Crippen molar-refractivity contribution >= 4 is 5.91 Å². The second kappa shape index (κ2) is 5.85. The third kappa shape index (κ3) is 3.06. The highest BCUT2D eigenvalue weighted by atomic mass is 19.3. The molecule has 2 saturated carbocycles. The van der Waals surface area contributed by atoms with Crippen LogP contribution in [0.4, 0.5) is 13.2 Å². The number of likely N-dealkylation sites (tertiary alicyclic amines) is 1. The van der Waals surface area contributed by atoms with Gasteiger partial charge in [-0.25, -0.2) is 23.1 Å². The highest BCUT2D eigenvalue weighted by molar-refractivity contribution is 5.80. The van der Waals surface area contributed by atoms with E-state index >= 15 is 0 Å². The van der Waals surface area contributed by atoms with Crippen molar-refractivity contribution in [1.82, 2.24) is 14.9 Å². The Balaban J connectivity index is 1.40. The van der Waals surface area contributed by atoms with Gasteiger partial charge in [-0.2, -0.15) is 0 Å². The van der Waals surface area contributed by atoms with Crippen LogP contribution in [0.25, 0.3) is 0 Å². The van der Waals surface area contributed by atoms with Crippen LogP contribution in [0, 0.1) is 23.1 Å². The molecule has 1 aromatic heterocycles. The number of nitrogens with zero attached hydrogens (tertiary/aromatic N) is 3. The summed E-state index contributed by atoms with van der Waals surface area (Å²) in [6, 6.07) is 0.116. The van der Waals surface area contributed by atoms with E-state index in [1.807, 2.05) is 0 Å². The fraction of sp³-hybridized carbons (Fsp3) is 0.706. The van der Waals surface area contributed by atoms with Gasteiger partial charge in [0.2, 0.25) is 11.8 Å². The molecule has 1 aromatic rings. The van der Waals surface area contributed by atoms with Gasteiger partial charge >= 0.3 is 6.01 Å². The van der Waals surface area contributed by atoms with Crippen LogP contribution in [0.5, 0.6) is 6.01 Å². The number of carbonyl (C=O) groups is 1. The van der Waals surface area contributed by atoms with Crippen LogP contribution < -0.4 is 4.74 Å². The molecule has 1 aliphatic heterocycles. The van der Waals surface area contributed by atoms with E-state index in [2.05, 4.69) is 9.97 Å². The molecule has 3 aliphatic rings. The largest absolute Gasteiger partial charge is 0.463 e. The summed E-state index contributed by atoms with van der Waals surface area (Å²) < 4.78 is 44.6. The number of alkyl halides is 2. The number of carbonyl (C=O) groups excluding carboxylic acids is 1. The fourth-order valence-corrected chi connectivity index (χ4v) is 4.50. The summed E-state index contributed by atoms with van der Waals surface area (Å²) in [6.45, 7) is 1.49. The number of aromatic nitrogens is 2. The molecule has 5 nitrogen and oxygen atoms in total.